The summed E-state index contributed by atoms with van der Waals surface area (Å²) in [4.78, 5) is 2.52. The van der Waals surface area contributed by atoms with Crippen molar-refractivity contribution < 1.29 is 9.47 Å². The predicted molar refractivity (Wildman–Crippen MR) is 83.9 cm³/mol. The van der Waals surface area contributed by atoms with Gasteiger partial charge in [0.05, 0.1) is 0 Å². The summed E-state index contributed by atoms with van der Waals surface area (Å²) in [7, 11) is 0. The average molecular weight is 289 g/mol. The predicted octanol–water partition coefficient (Wildman–Crippen LogP) is 4.07. The second-order valence-electron chi connectivity index (χ2n) is 6.00. The van der Waals surface area contributed by atoms with E-state index < -0.39 is 0 Å². The van der Waals surface area contributed by atoms with E-state index in [1.807, 2.05) is 12.1 Å². The monoisotopic (exact) mass is 289 g/mol. The normalized spacial score (nSPS) is 14.3. The van der Waals surface area contributed by atoms with E-state index in [1.54, 1.807) is 11.3 Å². The summed E-state index contributed by atoms with van der Waals surface area (Å²) >= 11 is 1.78. The molecule has 0 aliphatic carbocycles. The molecule has 0 unspecified atom stereocenters. The highest BCUT2D eigenvalue weighted by Gasteiger charge is 2.19. The van der Waals surface area contributed by atoms with E-state index >= 15 is 0 Å². The highest BCUT2D eigenvalue weighted by Crippen LogP contribution is 2.42. The van der Waals surface area contributed by atoms with E-state index in [1.165, 1.54) is 9.75 Å². The third kappa shape index (κ3) is 2.36. The van der Waals surface area contributed by atoms with Crippen LogP contribution in [-0.4, -0.2) is 13.2 Å². The number of hydrogen-bond acceptors (Lipinski definition) is 4. The molecule has 0 spiro atoms. The van der Waals surface area contributed by atoms with Gasteiger partial charge in [0.2, 0.25) is 0 Å². The Morgan fingerprint density at radius 1 is 1.05 bits per heavy atom. The number of hydrogen-bond donors (Lipinski definition) is 1. The van der Waals surface area contributed by atoms with Crippen molar-refractivity contribution in [3.05, 3.63) is 29.1 Å². The van der Waals surface area contributed by atoms with E-state index in [0.717, 1.165) is 22.7 Å². The minimum atomic E-state index is 0.158. The lowest BCUT2D eigenvalue weighted by molar-refractivity contribution is 0.172. The molecule has 0 saturated carbocycles. The fourth-order valence-electron chi connectivity index (χ4n) is 2.20. The maximum atomic E-state index is 6.17. The van der Waals surface area contributed by atoms with Crippen LogP contribution < -0.4 is 15.2 Å². The van der Waals surface area contributed by atoms with Gasteiger partial charge in [0.1, 0.15) is 13.2 Å². The van der Waals surface area contributed by atoms with E-state index in [-0.39, 0.29) is 5.41 Å². The summed E-state index contributed by atoms with van der Waals surface area (Å²) in [6.45, 7) is 7.83. The summed E-state index contributed by atoms with van der Waals surface area (Å²) in [6.07, 6.45) is 0. The second kappa shape index (κ2) is 4.70. The zero-order valence-electron chi connectivity index (χ0n) is 12.0. The fraction of sp³-hybridized carbons (Fsp3) is 0.375. The fourth-order valence-corrected chi connectivity index (χ4v) is 3.31. The third-order valence-corrected chi connectivity index (χ3v) is 4.87. The molecular formula is C16H19NO2S. The molecule has 2 N–H and O–H groups in total. The first kappa shape index (κ1) is 13.3. The first-order valence-corrected chi connectivity index (χ1v) is 7.56. The molecule has 0 amide bonds. The lowest BCUT2D eigenvalue weighted by atomic mass is 9.95. The third-order valence-electron chi connectivity index (χ3n) is 3.32. The maximum Gasteiger partial charge on any atom is 0.163 e. The van der Waals surface area contributed by atoms with Crippen LogP contribution >= 0.6 is 11.3 Å². The molecule has 2 heterocycles. The largest absolute Gasteiger partial charge is 0.486 e. The molecule has 1 aromatic heterocycles. The Morgan fingerprint density at radius 2 is 1.70 bits per heavy atom. The van der Waals surface area contributed by atoms with Gasteiger partial charge in [0, 0.05) is 27.1 Å². The van der Waals surface area contributed by atoms with Gasteiger partial charge >= 0.3 is 0 Å². The standard InChI is InChI=1S/C16H19NO2S/c1-16(2,3)15-5-4-14(20-15)10-8-12-13(9-11(10)17)19-7-6-18-12/h4-5,8-9H,6-7,17H2,1-3H3. The summed E-state index contributed by atoms with van der Waals surface area (Å²) in [5, 5.41) is 0. The number of anilines is 1. The van der Waals surface area contributed by atoms with Crippen molar-refractivity contribution in [1.29, 1.82) is 0 Å². The van der Waals surface area contributed by atoms with E-state index in [4.69, 9.17) is 15.2 Å². The minimum Gasteiger partial charge on any atom is -0.486 e. The Balaban J connectivity index is 2.04. The van der Waals surface area contributed by atoms with Crippen molar-refractivity contribution in [2.24, 2.45) is 0 Å². The Hall–Kier alpha value is -1.68. The van der Waals surface area contributed by atoms with Gasteiger partial charge in [-0.05, 0) is 23.6 Å². The SMILES string of the molecule is CC(C)(C)c1ccc(-c2cc3c(cc2N)OCCO3)s1. The summed E-state index contributed by atoms with van der Waals surface area (Å²) in [6, 6.07) is 8.16. The van der Waals surface area contributed by atoms with Gasteiger partial charge in [-0.1, -0.05) is 20.8 Å². The molecule has 3 rings (SSSR count). The zero-order valence-corrected chi connectivity index (χ0v) is 12.8. The maximum absolute atomic E-state index is 6.17. The van der Waals surface area contributed by atoms with Crippen molar-refractivity contribution >= 4 is 17.0 Å². The Labute approximate surface area is 123 Å². The number of nitrogens with two attached hydrogens (primary N) is 1. The van der Waals surface area contributed by atoms with Gasteiger partial charge in [0.25, 0.3) is 0 Å². The first-order chi connectivity index (χ1) is 9.45. The minimum absolute atomic E-state index is 0.158. The van der Waals surface area contributed by atoms with E-state index in [2.05, 4.69) is 32.9 Å². The van der Waals surface area contributed by atoms with Crippen LogP contribution in [0.1, 0.15) is 25.6 Å². The molecule has 1 aromatic carbocycles. The van der Waals surface area contributed by atoms with E-state index in [0.29, 0.717) is 13.2 Å². The van der Waals surface area contributed by atoms with Crippen LogP contribution in [0.3, 0.4) is 0 Å². The highest BCUT2D eigenvalue weighted by atomic mass is 32.1. The zero-order chi connectivity index (χ0) is 14.3. The molecule has 1 aliphatic rings. The summed E-state index contributed by atoms with van der Waals surface area (Å²) in [5.74, 6) is 1.52. The van der Waals surface area contributed by atoms with Gasteiger partial charge in [-0.2, -0.15) is 0 Å². The van der Waals surface area contributed by atoms with Crippen LogP contribution in [0.2, 0.25) is 0 Å². The molecular weight excluding hydrogens is 270 g/mol. The molecule has 3 nitrogen and oxygen atoms in total. The second-order valence-corrected chi connectivity index (χ2v) is 7.08. The van der Waals surface area contributed by atoms with Crippen LogP contribution in [0.4, 0.5) is 5.69 Å². The quantitative estimate of drug-likeness (QED) is 0.805. The Morgan fingerprint density at radius 3 is 2.30 bits per heavy atom. The van der Waals surface area contributed by atoms with Gasteiger partial charge < -0.3 is 15.2 Å². The molecule has 20 heavy (non-hydrogen) atoms. The van der Waals surface area contributed by atoms with Gasteiger partial charge in [-0.15, -0.1) is 11.3 Å². The van der Waals surface area contributed by atoms with Crippen LogP contribution in [0, 0.1) is 0 Å². The van der Waals surface area contributed by atoms with Crippen molar-refractivity contribution in [1.82, 2.24) is 0 Å². The Kier molecular flexibility index (Phi) is 3.13. The van der Waals surface area contributed by atoms with Crippen molar-refractivity contribution in [2.45, 2.75) is 26.2 Å². The number of ether oxygens (including phenoxy) is 2. The highest BCUT2D eigenvalue weighted by molar-refractivity contribution is 7.15. The lowest BCUT2D eigenvalue weighted by Crippen LogP contribution is -2.15. The van der Waals surface area contributed by atoms with Gasteiger partial charge in [-0.25, -0.2) is 0 Å². The first-order valence-electron chi connectivity index (χ1n) is 6.75. The molecule has 0 fully saturated rings. The lowest BCUT2D eigenvalue weighted by Gasteiger charge is -2.20. The van der Waals surface area contributed by atoms with Crippen LogP contribution in [0.5, 0.6) is 11.5 Å². The summed E-state index contributed by atoms with van der Waals surface area (Å²) < 4.78 is 11.2. The number of thiophene rings is 1. The number of benzene rings is 1. The van der Waals surface area contributed by atoms with Crippen molar-refractivity contribution in [3.8, 4) is 21.9 Å². The number of nitrogen functional groups attached to an aromatic ring is 1. The topological polar surface area (TPSA) is 44.5 Å². The van der Waals surface area contributed by atoms with Crippen LogP contribution in [-0.2, 0) is 5.41 Å². The summed E-state index contributed by atoms with van der Waals surface area (Å²) in [5.41, 5.74) is 8.08. The van der Waals surface area contributed by atoms with Gasteiger partial charge in [0.15, 0.2) is 11.5 Å². The van der Waals surface area contributed by atoms with Crippen molar-refractivity contribution in [3.63, 3.8) is 0 Å². The molecule has 0 saturated heterocycles. The Bertz CT molecular complexity index is 640. The number of rotatable bonds is 1. The molecule has 106 valence electrons. The molecule has 2 aromatic rings. The van der Waals surface area contributed by atoms with Crippen molar-refractivity contribution in [2.75, 3.05) is 18.9 Å². The molecule has 0 bridgehead atoms. The molecule has 4 heteroatoms. The van der Waals surface area contributed by atoms with Crippen LogP contribution in [0.25, 0.3) is 10.4 Å². The van der Waals surface area contributed by atoms with E-state index in [9.17, 15) is 0 Å². The number of fused-ring (bicyclic) bond motifs is 1. The van der Waals surface area contributed by atoms with Gasteiger partial charge in [-0.3, -0.25) is 0 Å². The molecule has 1 aliphatic heterocycles. The smallest absolute Gasteiger partial charge is 0.163 e. The molecule has 0 atom stereocenters. The van der Waals surface area contributed by atoms with Crippen LogP contribution in [0.15, 0.2) is 24.3 Å². The molecule has 0 radical (unpaired) electrons. The average Bonchev–Trinajstić information content (AvgIpc) is 2.87.